The smallest absolute Gasteiger partial charge is 0.317 e. The molecule has 1 heterocycles. The molecule has 0 aromatic heterocycles. The van der Waals surface area contributed by atoms with Crippen molar-refractivity contribution < 1.29 is 4.79 Å². The van der Waals surface area contributed by atoms with Crippen molar-refractivity contribution in [2.24, 2.45) is 0 Å². The Morgan fingerprint density at radius 1 is 1.12 bits per heavy atom. The first-order chi connectivity index (χ1) is 12.1. The van der Waals surface area contributed by atoms with Crippen LogP contribution in [0.4, 0.5) is 10.5 Å². The van der Waals surface area contributed by atoms with Gasteiger partial charge in [-0.05, 0) is 57.6 Å². The van der Waals surface area contributed by atoms with Crippen LogP contribution in [0.2, 0.25) is 0 Å². The van der Waals surface area contributed by atoms with Crippen LogP contribution in [0, 0.1) is 13.8 Å². The molecule has 25 heavy (non-hydrogen) atoms. The van der Waals surface area contributed by atoms with Crippen molar-refractivity contribution in [3.63, 3.8) is 0 Å². The van der Waals surface area contributed by atoms with Gasteiger partial charge in [0.05, 0.1) is 0 Å². The number of nitrogens with zero attached hydrogens (tertiary/aromatic N) is 2. The Kier molecular flexibility index (Phi) is 6.00. The second-order valence-corrected chi connectivity index (χ2v) is 7.35. The van der Waals surface area contributed by atoms with Gasteiger partial charge in [0.2, 0.25) is 0 Å². The Labute approximate surface area is 151 Å². The number of urea groups is 1. The summed E-state index contributed by atoms with van der Waals surface area (Å²) < 4.78 is 0. The molecule has 1 N–H and O–H groups in total. The third-order valence-corrected chi connectivity index (χ3v) is 5.37. The zero-order valence-corrected chi connectivity index (χ0v) is 15.7. The molecule has 1 fully saturated rings. The van der Waals surface area contributed by atoms with E-state index in [-0.39, 0.29) is 6.03 Å². The van der Waals surface area contributed by atoms with Crippen molar-refractivity contribution in [1.82, 2.24) is 10.2 Å². The zero-order chi connectivity index (χ0) is 17.6. The fourth-order valence-electron chi connectivity index (χ4n) is 3.88. The van der Waals surface area contributed by atoms with Crippen LogP contribution in [0.15, 0.2) is 29.8 Å². The van der Waals surface area contributed by atoms with Gasteiger partial charge in [0, 0.05) is 38.4 Å². The first-order valence-corrected chi connectivity index (χ1v) is 9.66. The van der Waals surface area contributed by atoms with Crippen LogP contribution in [0.3, 0.4) is 0 Å². The molecular formula is C21H31N3O. The summed E-state index contributed by atoms with van der Waals surface area (Å²) in [6.07, 6.45) is 8.42. The SMILES string of the molecule is Cc1ccc(N2CCN(C(=O)NCCC3=CCCCC3)CC2)c(C)c1. The van der Waals surface area contributed by atoms with Crippen molar-refractivity contribution in [3.8, 4) is 0 Å². The Balaban J connectivity index is 1.43. The molecule has 2 aliphatic rings. The summed E-state index contributed by atoms with van der Waals surface area (Å²) in [7, 11) is 0. The molecule has 0 atom stereocenters. The minimum absolute atomic E-state index is 0.0942. The lowest BCUT2D eigenvalue weighted by Crippen LogP contribution is -2.52. The maximum absolute atomic E-state index is 12.4. The fourth-order valence-corrected chi connectivity index (χ4v) is 3.88. The highest BCUT2D eigenvalue weighted by Crippen LogP contribution is 2.22. The average Bonchev–Trinajstić information content (AvgIpc) is 2.63. The predicted octanol–water partition coefficient (Wildman–Crippen LogP) is 4.03. The van der Waals surface area contributed by atoms with Crippen LogP contribution in [0.25, 0.3) is 0 Å². The number of hydrogen-bond acceptors (Lipinski definition) is 2. The fraction of sp³-hybridized carbons (Fsp3) is 0.571. The Morgan fingerprint density at radius 3 is 2.60 bits per heavy atom. The molecule has 2 amide bonds. The van der Waals surface area contributed by atoms with Gasteiger partial charge in [-0.2, -0.15) is 0 Å². The topological polar surface area (TPSA) is 35.6 Å². The molecule has 0 saturated carbocycles. The van der Waals surface area contributed by atoms with Crippen molar-refractivity contribution in [1.29, 1.82) is 0 Å². The highest BCUT2D eigenvalue weighted by Gasteiger charge is 2.21. The molecule has 4 nitrogen and oxygen atoms in total. The third kappa shape index (κ3) is 4.77. The lowest BCUT2D eigenvalue weighted by Gasteiger charge is -2.36. The van der Waals surface area contributed by atoms with E-state index >= 15 is 0 Å². The summed E-state index contributed by atoms with van der Waals surface area (Å²) in [5.74, 6) is 0. The van der Waals surface area contributed by atoms with Gasteiger partial charge >= 0.3 is 6.03 Å². The second kappa shape index (κ2) is 8.41. The van der Waals surface area contributed by atoms with Gasteiger partial charge < -0.3 is 15.1 Å². The van der Waals surface area contributed by atoms with Crippen LogP contribution in [-0.2, 0) is 0 Å². The van der Waals surface area contributed by atoms with E-state index in [1.165, 1.54) is 48.1 Å². The molecule has 4 heteroatoms. The van der Waals surface area contributed by atoms with Gasteiger partial charge in [0.15, 0.2) is 0 Å². The maximum Gasteiger partial charge on any atom is 0.317 e. The standard InChI is InChI=1S/C21H31N3O/c1-17-8-9-20(18(2)16-17)23-12-14-24(15-13-23)21(25)22-11-10-19-6-4-3-5-7-19/h6,8-9,16H,3-5,7,10-15H2,1-2H3,(H,22,25). The number of rotatable bonds is 4. The number of carbonyl (C=O) groups is 1. The highest BCUT2D eigenvalue weighted by molar-refractivity contribution is 5.74. The summed E-state index contributed by atoms with van der Waals surface area (Å²) in [6.45, 7) is 8.46. The van der Waals surface area contributed by atoms with Crippen LogP contribution in [-0.4, -0.2) is 43.7 Å². The van der Waals surface area contributed by atoms with Crippen LogP contribution < -0.4 is 10.2 Å². The molecule has 1 aliphatic carbocycles. The summed E-state index contributed by atoms with van der Waals surface area (Å²) in [4.78, 5) is 16.7. The van der Waals surface area contributed by atoms with Crippen molar-refractivity contribution in [3.05, 3.63) is 41.0 Å². The molecule has 0 unspecified atom stereocenters. The molecule has 3 rings (SSSR count). The van der Waals surface area contributed by atoms with Gasteiger partial charge in [-0.15, -0.1) is 0 Å². The summed E-state index contributed by atoms with van der Waals surface area (Å²) in [5, 5.41) is 3.10. The van der Waals surface area contributed by atoms with Gasteiger partial charge in [-0.3, -0.25) is 0 Å². The van der Waals surface area contributed by atoms with E-state index in [9.17, 15) is 4.79 Å². The lowest BCUT2D eigenvalue weighted by atomic mass is 9.97. The van der Waals surface area contributed by atoms with Crippen molar-refractivity contribution in [2.75, 3.05) is 37.6 Å². The zero-order valence-electron chi connectivity index (χ0n) is 15.7. The number of piperazine rings is 1. The summed E-state index contributed by atoms with van der Waals surface area (Å²) in [5.41, 5.74) is 5.44. The van der Waals surface area contributed by atoms with Gasteiger partial charge in [-0.1, -0.05) is 29.3 Å². The number of allylic oxidation sites excluding steroid dienone is 1. The van der Waals surface area contributed by atoms with Crippen molar-refractivity contribution >= 4 is 11.7 Å². The minimum Gasteiger partial charge on any atom is -0.368 e. The number of anilines is 1. The molecular weight excluding hydrogens is 310 g/mol. The van der Waals surface area contributed by atoms with Crippen LogP contribution >= 0.6 is 0 Å². The number of aryl methyl sites for hydroxylation is 2. The first kappa shape index (κ1) is 17.8. The van der Waals surface area contributed by atoms with Gasteiger partial charge in [0.1, 0.15) is 0 Å². The van der Waals surface area contributed by atoms with E-state index < -0.39 is 0 Å². The number of amides is 2. The molecule has 0 radical (unpaired) electrons. The minimum atomic E-state index is 0.0942. The highest BCUT2D eigenvalue weighted by atomic mass is 16.2. The molecule has 1 aliphatic heterocycles. The van der Waals surface area contributed by atoms with E-state index in [1.807, 2.05) is 4.90 Å². The quantitative estimate of drug-likeness (QED) is 0.840. The Bertz CT molecular complexity index is 630. The van der Waals surface area contributed by atoms with E-state index in [1.54, 1.807) is 0 Å². The predicted molar refractivity (Wildman–Crippen MR) is 104 cm³/mol. The van der Waals surface area contributed by atoms with Crippen LogP contribution in [0.1, 0.15) is 43.2 Å². The maximum atomic E-state index is 12.4. The summed E-state index contributed by atoms with van der Waals surface area (Å²) >= 11 is 0. The second-order valence-electron chi connectivity index (χ2n) is 7.35. The Morgan fingerprint density at radius 2 is 1.92 bits per heavy atom. The molecule has 1 aromatic rings. The summed E-state index contributed by atoms with van der Waals surface area (Å²) in [6, 6.07) is 6.70. The molecule has 0 bridgehead atoms. The number of nitrogens with one attached hydrogen (secondary N) is 1. The number of carbonyl (C=O) groups excluding carboxylic acids is 1. The van der Waals surface area contributed by atoms with E-state index in [0.29, 0.717) is 0 Å². The monoisotopic (exact) mass is 341 g/mol. The molecule has 1 saturated heterocycles. The average molecular weight is 341 g/mol. The number of hydrogen-bond donors (Lipinski definition) is 1. The molecule has 0 spiro atoms. The van der Waals surface area contributed by atoms with Crippen molar-refractivity contribution in [2.45, 2.75) is 46.0 Å². The largest absolute Gasteiger partial charge is 0.368 e. The van der Waals surface area contributed by atoms with E-state index in [2.05, 4.69) is 48.3 Å². The molecule has 1 aromatic carbocycles. The Hall–Kier alpha value is -1.97. The van der Waals surface area contributed by atoms with E-state index in [4.69, 9.17) is 0 Å². The first-order valence-electron chi connectivity index (χ1n) is 9.66. The lowest BCUT2D eigenvalue weighted by molar-refractivity contribution is 0.194. The van der Waals surface area contributed by atoms with Gasteiger partial charge in [-0.25, -0.2) is 4.79 Å². The molecule has 136 valence electrons. The number of benzene rings is 1. The normalized spacial score (nSPS) is 18.1. The van der Waals surface area contributed by atoms with Gasteiger partial charge in [0.25, 0.3) is 0 Å². The van der Waals surface area contributed by atoms with E-state index in [0.717, 1.165) is 39.1 Å². The van der Waals surface area contributed by atoms with Crippen LogP contribution in [0.5, 0.6) is 0 Å². The third-order valence-electron chi connectivity index (χ3n) is 5.37.